The highest BCUT2D eigenvalue weighted by atomic mass is 35.5. The molecule has 0 unspecified atom stereocenters. The molecule has 2 saturated carbocycles. The standard InChI is InChI=1S/C29H45NO9.ClH/c1-8-26(5)15-19(33)29(36)27(6)20(38-21(34)16-30-13-10-18(32)11-14-30)9-12-25(3,4)23(27)22(35)24(37-17(2)31)28(29,7)39-26;/h8,18,20,22-24,32,35-36H,1,9-16H2,2-7H3;1H/t20-,22-,23-,24-,26-,27-,28+,29-;/m0./s1. The molecule has 0 spiro atoms. The van der Waals surface area contributed by atoms with Gasteiger partial charge >= 0.3 is 11.9 Å². The normalized spacial score (nSPS) is 43.5. The number of aliphatic hydroxyl groups is 3. The van der Waals surface area contributed by atoms with E-state index in [1.54, 1.807) is 13.8 Å². The van der Waals surface area contributed by atoms with E-state index in [4.69, 9.17) is 14.2 Å². The minimum Gasteiger partial charge on any atom is -0.461 e. The van der Waals surface area contributed by atoms with E-state index in [0.717, 1.165) is 0 Å². The van der Waals surface area contributed by atoms with Crippen molar-refractivity contribution in [3.05, 3.63) is 12.7 Å². The van der Waals surface area contributed by atoms with Crippen molar-refractivity contribution in [2.75, 3.05) is 19.6 Å². The van der Waals surface area contributed by atoms with Crippen molar-refractivity contribution in [3.63, 3.8) is 0 Å². The second-order valence-corrected chi connectivity index (χ2v) is 13.3. The van der Waals surface area contributed by atoms with Gasteiger partial charge in [-0.15, -0.1) is 19.0 Å². The second-order valence-electron chi connectivity index (χ2n) is 13.3. The quantitative estimate of drug-likeness (QED) is 0.322. The van der Waals surface area contributed by atoms with Crippen LogP contribution in [0.4, 0.5) is 0 Å². The van der Waals surface area contributed by atoms with Crippen LogP contribution in [0.15, 0.2) is 12.7 Å². The summed E-state index contributed by atoms with van der Waals surface area (Å²) in [5.74, 6) is -2.52. The molecule has 8 atom stereocenters. The number of esters is 2. The van der Waals surface area contributed by atoms with Crippen LogP contribution in [0.3, 0.4) is 0 Å². The molecule has 11 heteroatoms. The van der Waals surface area contributed by atoms with Gasteiger partial charge in [0.05, 0.1) is 24.4 Å². The number of carbonyl (C=O) groups is 3. The third kappa shape index (κ3) is 4.92. The molecule has 0 aromatic rings. The van der Waals surface area contributed by atoms with Gasteiger partial charge in [-0.05, 0) is 44.9 Å². The predicted molar refractivity (Wildman–Crippen MR) is 148 cm³/mol. The Labute approximate surface area is 242 Å². The van der Waals surface area contributed by atoms with Crippen LogP contribution in [0.25, 0.3) is 0 Å². The van der Waals surface area contributed by atoms with E-state index in [2.05, 4.69) is 6.58 Å². The molecule has 2 aliphatic heterocycles. The molecular weight excluding hydrogens is 542 g/mol. The summed E-state index contributed by atoms with van der Waals surface area (Å²) in [6.07, 6.45) is -0.672. The maximum absolute atomic E-state index is 14.1. The molecule has 4 aliphatic rings. The average Bonchev–Trinajstić information content (AvgIpc) is 2.83. The van der Waals surface area contributed by atoms with Gasteiger partial charge < -0.3 is 29.5 Å². The number of nitrogens with zero attached hydrogens (tertiary/aromatic N) is 1. The van der Waals surface area contributed by atoms with Crippen molar-refractivity contribution in [1.82, 2.24) is 4.90 Å². The number of likely N-dealkylation sites (tertiary alicyclic amines) is 1. The molecule has 0 radical (unpaired) electrons. The third-order valence-electron chi connectivity index (χ3n) is 10.2. The number of ketones is 1. The van der Waals surface area contributed by atoms with Crippen molar-refractivity contribution in [1.29, 1.82) is 0 Å². The number of rotatable bonds is 5. The highest BCUT2D eigenvalue weighted by molar-refractivity contribution is 5.92. The monoisotopic (exact) mass is 587 g/mol. The van der Waals surface area contributed by atoms with Crippen molar-refractivity contribution in [3.8, 4) is 0 Å². The molecule has 2 aliphatic carbocycles. The first kappa shape index (κ1) is 32.9. The first-order valence-electron chi connectivity index (χ1n) is 14.0. The van der Waals surface area contributed by atoms with Crippen molar-refractivity contribution < 1.29 is 43.9 Å². The minimum absolute atomic E-state index is 0. The first-order valence-corrected chi connectivity index (χ1v) is 14.0. The fraction of sp³-hybridized carbons (Fsp3) is 0.828. The van der Waals surface area contributed by atoms with Gasteiger partial charge in [-0.25, -0.2) is 0 Å². The molecule has 10 nitrogen and oxygen atoms in total. The summed E-state index contributed by atoms with van der Waals surface area (Å²) in [6, 6.07) is 0. The van der Waals surface area contributed by atoms with Crippen LogP contribution < -0.4 is 0 Å². The van der Waals surface area contributed by atoms with Gasteiger partial charge in [0.25, 0.3) is 0 Å². The fourth-order valence-corrected chi connectivity index (χ4v) is 8.28. The van der Waals surface area contributed by atoms with Crippen molar-refractivity contribution in [2.45, 2.75) is 115 Å². The summed E-state index contributed by atoms with van der Waals surface area (Å²) in [6.45, 7) is 14.9. The smallest absolute Gasteiger partial charge is 0.320 e. The molecule has 4 rings (SSSR count). The van der Waals surface area contributed by atoms with Crippen LogP contribution in [0, 0.1) is 16.7 Å². The minimum atomic E-state index is -2.27. The number of Topliss-reactive ketones (excluding diaryl/α,β-unsaturated/α-hetero) is 1. The topological polar surface area (TPSA) is 143 Å². The Hall–Kier alpha value is -1.56. The molecule has 228 valence electrons. The van der Waals surface area contributed by atoms with Crippen LogP contribution in [-0.4, -0.2) is 98.8 Å². The molecule has 40 heavy (non-hydrogen) atoms. The maximum Gasteiger partial charge on any atom is 0.320 e. The highest BCUT2D eigenvalue weighted by Gasteiger charge is 2.82. The SMILES string of the molecule is C=C[C@@]1(C)CC(=O)[C@]2(O)[C@@]3(C)[C@@H](OC(=O)CN4CCC(O)CC4)CCC(C)(C)[C@@H]3[C@H](O)[C@H](OC(C)=O)[C@@]2(C)O1.Cl. The van der Waals surface area contributed by atoms with E-state index in [1.807, 2.05) is 18.7 Å². The summed E-state index contributed by atoms with van der Waals surface area (Å²) >= 11 is 0. The molecule has 3 N–H and O–H groups in total. The molecular formula is C29H46ClNO9. The second kappa shape index (κ2) is 10.9. The van der Waals surface area contributed by atoms with E-state index in [1.165, 1.54) is 19.9 Å². The number of hydrogen-bond acceptors (Lipinski definition) is 10. The zero-order valence-electron chi connectivity index (χ0n) is 24.5. The lowest BCUT2D eigenvalue weighted by Crippen LogP contribution is -2.87. The molecule has 0 aromatic carbocycles. The lowest BCUT2D eigenvalue weighted by Gasteiger charge is -2.71. The van der Waals surface area contributed by atoms with Crippen molar-refractivity contribution in [2.24, 2.45) is 16.7 Å². The number of hydrogen-bond donors (Lipinski definition) is 3. The zero-order valence-corrected chi connectivity index (χ0v) is 25.3. The Morgan fingerprint density at radius 2 is 1.70 bits per heavy atom. The maximum atomic E-state index is 14.1. The van der Waals surface area contributed by atoms with Crippen LogP contribution in [0.2, 0.25) is 0 Å². The predicted octanol–water partition coefficient (Wildman–Crippen LogP) is 1.95. The van der Waals surface area contributed by atoms with E-state index in [0.29, 0.717) is 38.8 Å². The number of carbonyl (C=O) groups excluding carboxylic acids is 3. The van der Waals surface area contributed by atoms with Crippen LogP contribution >= 0.6 is 12.4 Å². The Morgan fingerprint density at radius 3 is 2.25 bits per heavy atom. The third-order valence-corrected chi connectivity index (χ3v) is 10.2. The fourth-order valence-electron chi connectivity index (χ4n) is 8.28. The molecule has 0 bridgehead atoms. The Bertz CT molecular complexity index is 1030. The summed E-state index contributed by atoms with van der Waals surface area (Å²) < 4.78 is 18.2. The van der Waals surface area contributed by atoms with Gasteiger partial charge in [0.2, 0.25) is 0 Å². The molecule has 2 heterocycles. The van der Waals surface area contributed by atoms with Crippen LogP contribution in [0.1, 0.15) is 73.6 Å². The number of piperidine rings is 1. The van der Waals surface area contributed by atoms with Gasteiger partial charge in [0.15, 0.2) is 17.5 Å². The summed E-state index contributed by atoms with van der Waals surface area (Å²) in [5.41, 5.74) is -7.43. The number of halogens is 1. The van der Waals surface area contributed by atoms with E-state index in [9.17, 15) is 29.7 Å². The van der Waals surface area contributed by atoms with Gasteiger partial charge in [-0.1, -0.05) is 26.8 Å². The Balaban J connectivity index is 0.00000441. The Kier molecular flexibility index (Phi) is 9.00. The van der Waals surface area contributed by atoms with E-state index in [-0.39, 0.29) is 31.5 Å². The number of ether oxygens (including phenoxy) is 3. The Morgan fingerprint density at radius 1 is 1.10 bits per heavy atom. The lowest BCUT2D eigenvalue weighted by molar-refractivity contribution is -0.370. The molecule has 2 saturated heterocycles. The van der Waals surface area contributed by atoms with Gasteiger partial charge in [-0.3, -0.25) is 19.3 Å². The van der Waals surface area contributed by atoms with Gasteiger partial charge in [0.1, 0.15) is 11.7 Å². The van der Waals surface area contributed by atoms with Crippen LogP contribution in [-0.2, 0) is 28.6 Å². The zero-order chi connectivity index (χ0) is 29.2. The van der Waals surface area contributed by atoms with Gasteiger partial charge in [-0.2, -0.15) is 0 Å². The lowest BCUT2D eigenvalue weighted by atomic mass is 9.39. The van der Waals surface area contributed by atoms with E-state index < -0.39 is 69.6 Å². The molecule has 4 fully saturated rings. The molecule has 0 aromatic heterocycles. The number of aliphatic hydroxyl groups excluding tert-OH is 2. The average molecular weight is 588 g/mol. The van der Waals surface area contributed by atoms with Crippen LogP contribution in [0.5, 0.6) is 0 Å². The highest BCUT2D eigenvalue weighted by Crippen LogP contribution is 2.67. The number of fused-ring (bicyclic) bond motifs is 3. The van der Waals surface area contributed by atoms with Gasteiger partial charge in [0, 0.05) is 37.8 Å². The summed E-state index contributed by atoms with van der Waals surface area (Å²) in [5, 5.41) is 34.5. The summed E-state index contributed by atoms with van der Waals surface area (Å²) in [7, 11) is 0. The summed E-state index contributed by atoms with van der Waals surface area (Å²) in [4.78, 5) is 41.5. The van der Waals surface area contributed by atoms with Crippen molar-refractivity contribution >= 4 is 30.1 Å². The first-order chi connectivity index (χ1) is 17.9. The largest absolute Gasteiger partial charge is 0.461 e. The van der Waals surface area contributed by atoms with E-state index >= 15 is 0 Å². The molecule has 0 amide bonds.